The molecule has 8 heteroatoms. The number of aliphatic hydroxyl groups excluding tert-OH is 1. The van der Waals surface area contributed by atoms with Gasteiger partial charge in [0.1, 0.15) is 17.4 Å². The molecule has 2 aliphatic heterocycles. The lowest BCUT2D eigenvalue weighted by molar-refractivity contribution is -0.132. The number of aliphatic hydroxyl groups is 1. The highest BCUT2D eigenvalue weighted by molar-refractivity contribution is 5.83. The van der Waals surface area contributed by atoms with Gasteiger partial charge < -0.3 is 19.0 Å². The molecule has 2 aliphatic rings. The molecule has 0 bridgehead atoms. The summed E-state index contributed by atoms with van der Waals surface area (Å²) in [6.07, 6.45) is 5.77. The van der Waals surface area contributed by atoms with Crippen molar-refractivity contribution in [1.29, 1.82) is 0 Å². The van der Waals surface area contributed by atoms with Gasteiger partial charge in [0.25, 0.3) is 6.47 Å². The van der Waals surface area contributed by atoms with Crippen LogP contribution in [0.4, 0.5) is 0 Å². The van der Waals surface area contributed by atoms with E-state index in [-0.39, 0.29) is 12.2 Å². The fraction of sp³-hybridized carbons (Fsp3) is 0.333. The van der Waals surface area contributed by atoms with E-state index in [4.69, 9.17) is 18.9 Å². The van der Waals surface area contributed by atoms with Crippen molar-refractivity contribution in [2.45, 2.75) is 58.9 Å². The third kappa shape index (κ3) is 7.10. The predicted octanol–water partition coefficient (Wildman–Crippen LogP) is 7.58. The van der Waals surface area contributed by atoms with Crippen LogP contribution >= 0.6 is 0 Å². The van der Waals surface area contributed by atoms with Gasteiger partial charge in [0, 0.05) is 50.4 Å². The molecule has 0 radical (unpaired) electrons. The van der Waals surface area contributed by atoms with Crippen LogP contribution in [0.2, 0.25) is 0 Å². The number of benzene rings is 4. The Kier molecular flexibility index (Phi) is 9.85. The lowest BCUT2D eigenvalue weighted by atomic mass is 9.91. The number of carbonyl (C=O) groups is 1. The van der Waals surface area contributed by atoms with Crippen molar-refractivity contribution in [2.75, 3.05) is 33.3 Å². The number of hydrogen-bond donors (Lipinski definition) is 1. The number of rotatable bonds is 11. The highest BCUT2D eigenvalue weighted by atomic mass is 16.5. The molecule has 2 saturated heterocycles. The minimum Gasteiger partial charge on any atom is -0.496 e. The van der Waals surface area contributed by atoms with Crippen molar-refractivity contribution in [1.82, 2.24) is 14.8 Å². The van der Waals surface area contributed by atoms with Crippen LogP contribution in [-0.2, 0) is 22.6 Å². The molecule has 8 nitrogen and oxygen atoms in total. The summed E-state index contributed by atoms with van der Waals surface area (Å²) in [4.78, 5) is 20.2. The van der Waals surface area contributed by atoms with Crippen LogP contribution < -0.4 is 4.74 Å². The predicted molar refractivity (Wildman–Crippen MR) is 198 cm³/mol. The highest BCUT2D eigenvalue weighted by Crippen LogP contribution is 2.36. The lowest BCUT2D eigenvalue weighted by Crippen LogP contribution is -2.22. The van der Waals surface area contributed by atoms with Gasteiger partial charge in [0.2, 0.25) is 5.89 Å². The van der Waals surface area contributed by atoms with Crippen LogP contribution in [0.5, 0.6) is 5.75 Å². The number of β-amino-alcohol motifs (C(OH)–C–C–N with tert-alkyl or cyclic N) is 1. The number of methoxy groups -OCH3 is 1. The van der Waals surface area contributed by atoms with Gasteiger partial charge in [-0.2, -0.15) is 0 Å². The van der Waals surface area contributed by atoms with Gasteiger partial charge in [0.05, 0.1) is 13.2 Å². The van der Waals surface area contributed by atoms with E-state index in [2.05, 4.69) is 103 Å². The van der Waals surface area contributed by atoms with Gasteiger partial charge in [-0.25, -0.2) is 4.98 Å². The van der Waals surface area contributed by atoms with Gasteiger partial charge >= 0.3 is 0 Å². The summed E-state index contributed by atoms with van der Waals surface area (Å²) in [5, 5.41) is 9.97. The Balaban J connectivity index is 1.12. The molecule has 0 saturated carbocycles. The van der Waals surface area contributed by atoms with E-state index < -0.39 is 0 Å². The summed E-state index contributed by atoms with van der Waals surface area (Å²) in [6, 6.07) is 23.3. The van der Waals surface area contributed by atoms with Gasteiger partial charge in [0.15, 0.2) is 5.58 Å². The van der Waals surface area contributed by atoms with Crippen molar-refractivity contribution >= 4 is 29.7 Å². The SMILES string of the molecule is COc1cc(/C=C/c2cccc(-c3cccc(-c4nc5cc(CN6CC[C@@H](OC=O)C6)ccc5o4)c3C)c2C)c(C)cc1CN1CC[C@H](O)C1. The molecule has 0 unspecified atom stereocenters. The Morgan fingerprint density at radius 2 is 1.60 bits per heavy atom. The van der Waals surface area contributed by atoms with Crippen molar-refractivity contribution in [2.24, 2.45) is 0 Å². The Bertz CT molecular complexity index is 2050. The smallest absolute Gasteiger partial charge is 0.293 e. The summed E-state index contributed by atoms with van der Waals surface area (Å²) >= 11 is 0. The molecule has 1 N–H and O–H groups in total. The minimum atomic E-state index is -0.239. The average Bonchev–Trinajstić information content (AvgIpc) is 3.85. The molecule has 0 aliphatic carbocycles. The molecule has 2 atom stereocenters. The number of aromatic nitrogens is 1. The topological polar surface area (TPSA) is 88.3 Å². The monoisotopic (exact) mass is 671 g/mol. The normalized spacial score (nSPS) is 18.4. The first kappa shape index (κ1) is 33.7. The molecule has 4 aromatic carbocycles. The van der Waals surface area contributed by atoms with Crippen LogP contribution in [0.1, 0.15) is 51.8 Å². The summed E-state index contributed by atoms with van der Waals surface area (Å²) in [5.74, 6) is 1.48. The molecular weight excluding hydrogens is 626 g/mol. The standard InChI is InChI=1S/C42H45N3O5/c1-27-19-33(23-45-17-15-34(47)24-45)41(48-4)21-32(27)13-12-31-7-5-8-36(28(31)2)37-9-6-10-38(29(37)3)42-43-39-20-30(11-14-40(39)50-42)22-44-18-16-35(25-44)49-26-46/h5-14,19-21,26,34-35,47H,15-18,22-25H2,1-4H3/b13-12+/t34-,35+/m0/s1. The number of carbonyl (C=O) groups excluding carboxylic acids is 1. The van der Waals surface area contributed by atoms with E-state index in [0.29, 0.717) is 18.9 Å². The number of ether oxygens (including phenoxy) is 2. The number of hydrogen-bond acceptors (Lipinski definition) is 8. The minimum absolute atomic E-state index is 0.0293. The number of aryl methyl sites for hydroxylation is 1. The van der Waals surface area contributed by atoms with E-state index in [1.165, 1.54) is 16.7 Å². The van der Waals surface area contributed by atoms with Crippen molar-refractivity contribution in [3.8, 4) is 28.3 Å². The lowest BCUT2D eigenvalue weighted by Gasteiger charge is -2.18. The highest BCUT2D eigenvalue weighted by Gasteiger charge is 2.24. The van der Waals surface area contributed by atoms with Crippen molar-refractivity contribution in [3.63, 3.8) is 0 Å². The zero-order valence-electron chi connectivity index (χ0n) is 29.3. The maximum Gasteiger partial charge on any atom is 0.293 e. The van der Waals surface area contributed by atoms with E-state index in [9.17, 15) is 9.90 Å². The van der Waals surface area contributed by atoms with Gasteiger partial charge in [-0.05, 0) is 102 Å². The second-order valence-corrected chi connectivity index (χ2v) is 13.7. The molecule has 0 spiro atoms. The molecule has 2 fully saturated rings. The Labute approximate surface area is 294 Å². The quantitative estimate of drug-likeness (QED) is 0.114. The van der Waals surface area contributed by atoms with E-state index in [1.54, 1.807) is 7.11 Å². The first-order valence-electron chi connectivity index (χ1n) is 17.5. The zero-order valence-corrected chi connectivity index (χ0v) is 29.3. The number of fused-ring (bicyclic) bond motifs is 1. The first-order valence-corrected chi connectivity index (χ1v) is 17.5. The van der Waals surface area contributed by atoms with Crippen LogP contribution in [0, 0.1) is 20.8 Å². The number of likely N-dealkylation sites (tertiary alicyclic amines) is 2. The molecule has 3 heterocycles. The Morgan fingerprint density at radius 1 is 0.860 bits per heavy atom. The largest absolute Gasteiger partial charge is 0.496 e. The maximum absolute atomic E-state index is 10.7. The van der Waals surface area contributed by atoms with Crippen LogP contribution in [-0.4, -0.2) is 71.9 Å². The molecule has 5 aromatic rings. The summed E-state index contributed by atoms with van der Waals surface area (Å²) < 4.78 is 17.3. The second kappa shape index (κ2) is 14.6. The number of nitrogens with zero attached hydrogens (tertiary/aromatic N) is 3. The number of oxazole rings is 1. The van der Waals surface area contributed by atoms with Crippen LogP contribution in [0.3, 0.4) is 0 Å². The first-order chi connectivity index (χ1) is 24.3. The molecule has 258 valence electrons. The molecule has 7 rings (SSSR count). The molecule has 1 aromatic heterocycles. The van der Waals surface area contributed by atoms with Gasteiger partial charge in [-0.15, -0.1) is 0 Å². The van der Waals surface area contributed by atoms with Crippen molar-refractivity contribution in [3.05, 3.63) is 106 Å². The average molecular weight is 672 g/mol. The van der Waals surface area contributed by atoms with Gasteiger partial charge in [-0.3, -0.25) is 14.6 Å². The summed E-state index contributed by atoms with van der Waals surface area (Å²) in [5.41, 5.74) is 13.0. The fourth-order valence-electron chi connectivity index (χ4n) is 7.49. The maximum atomic E-state index is 10.7. The van der Waals surface area contributed by atoms with E-state index >= 15 is 0 Å². The summed E-state index contributed by atoms with van der Waals surface area (Å²) in [6.45, 7) is 11.8. The third-order valence-electron chi connectivity index (χ3n) is 10.3. The Hall–Kier alpha value is -4.76. The second-order valence-electron chi connectivity index (χ2n) is 13.7. The van der Waals surface area contributed by atoms with Crippen LogP contribution in [0.15, 0.2) is 71.1 Å². The van der Waals surface area contributed by atoms with E-state index in [1.807, 2.05) is 6.07 Å². The molecular formula is C42H45N3O5. The van der Waals surface area contributed by atoms with Crippen molar-refractivity contribution < 1.29 is 23.8 Å². The van der Waals surface area contributed by atoms with E-state index in [0.717, 1.165) is 101 Å². The van der Waals surface area contributed by atoms with Gasteiger partial charge in [-0.1, -0.05) is 54.6 Å². The molecule has 50 heavy (non-hydrogen) atoms. The zero-order chi connectivity index (χ0) is 34.8. The molecule has 0 amide bonds. The third-order valence-corrected chi connectivity index (χ3v) is 10.3. The Morgan fingerprint density at radius 3 is 2.38 bits per heavy atom. The summed E-state index contributed by atoms with van der Waals surface area (Å²) in [7, 11) is 1.72. The fourth-order valence-corrected chi connectivity index (χ4v) is 7.49. The van der Waals surface area contributed by atoms with Crippen LogP contribution in [0.25, 0.3) is 45.8 Å².